The summed E-state index contributed by atoms with van der Waals surface area (Å²) in [7, 11) is 0. The van der Waals surface area contributed by atoms with Crippen LogP contribution in [0.5, 0.6) is 0 Å². The molecule has 0 aromatic heterocycles. The van der Waals surface area contributed by atoms with Crippen molar-refractivity contribution in [3.05, 3.63) is 0 Å². The number of hydrogen-bond donors (Lipinski definition) is 2. The molecule has 0 aromatic carbocycles. The predicted octanol–water partition coefficient (Wildman–Crippen LogP) is 3.18. The van der Waals surface area contributed by atoms with Crippen molar-refractivity contribution >= 4 is 29.9 Å². The summed E-state index contributed by atoms with van der Waals surface area (Å²) in [5.41, 5.74) is 0. The van der Waals surface area contributed by atoms with Crippen LogP contribution in [0.15, 0.2) is 4.99 Å². The highest BCUT2D eigenvalue weighted by Crippen LogP contribution is 1.93. The molecule has 0 unspecified atom stereocenters. The molecule has 0 saturated carbocycles. The van der Waals surface area contributed by atoms with E-state index >= 15 is 0 Å². The Labute approximate surface area is 154 Å². The molecule has 0 saturated heterocycles. The van der Waals surface area contributed by atoms with Gasteiger partial charge in [-0.05, 0) is 19.8 Å². The Balaban J connectivity index is 0. The van der Waals surface area contributed by atoms with E-state index in [4.69, 9.17) is 9.47 Å². The van der Waals surface area contributed by atoms with E-state index < -0.39 is 0 Å². The molecule has 0 rings (SSSR count). The molecule has 6 heteroatoms. The van der Waals surface area contributed by atoms with Crippen molar-refractivity contribution in [3.8, 4) is 0 Å². The average Bonchev–Trinajstić information content (AvgIpc) is 2.49. The molecule has 0 fully saturated rings. The Morgan fingerprint density at radius 1 is 0.818 bits per heavy atom. The molecule has 0 amide bonds. The molecule has 0 aliphatic rings. The van der Waals surface area contributed by atoms with Gasteiger partial charge in [-0.15, -0.1) is 24.0 Å². The first-order chi connectivity index (χ1) is 10.3. The van der Waals surface area contributed by atoms with Crippen molar-refractivity contribution in [3.63, 3.8) is 0 Å². The number of unbranched alkanes of at least 4 members (excludes halogenated alkanes) is 3. The van der Waals surface area contributed by atoms with Gasteiger partial charge in [0.1, 0.15) is 0 Å². The molecule has 0 aliphatic heterocycles. The maximum atomic E-state index is 5.52. The predicted molar refractivity (Wildman–Crippen MR) is 105 cm³/mol. The molecule has 0 aromatic rings. The number of guanidine groups is 1. The molecule has 0 radical (unpaired) electrons. The third-order valence-corrected chi connectivity index (χ3v) is 2.93. The van der Waals surface area contributed by atoms with Crippen LogP contribution in [-0.2, 0) is 9.47 Å². The lowest BCUT2D eigenvalue weighted by Gasteiger charge is -2.11. The lowest BCUT2D eigenvalue weighted by Crippen LogP contribution is -2.39. The zero-order valence-corrected chi connectivity index (χ0v) is 17.0. The molecule has 5 nitrogen and oxygen atoms in total. The van der Waals surface area contributed by atoms with Crippen LogP contribution in [-0.4, -0.2) is 52.0 Å². The van der Waals surface area contributed by atoms with Crippen LogP contribution in [0, 0.1) is 0 Å². The molecule has 0 heterocycles. The Morgan fingerprint density at radius 2 is 1.50 bits per heavy atom. The number of hydrogen-bond acceptors (Lipinski definition) is 3. The highest BCUT2D eigenvalue weighted by atomic mass is 127. The van der Waals surface area contributed by atoms with Gasteiger partial charge in [-0.2, -0.15) is 0 Å². The van der Waals surface area contributed by atoms with Gasteiger partial charge in [0.25, 0.3) is 0 Å². The van der Waals surface area contributed by atoms with Crippen LogP contribution >= 0.6 is 24.0 Å². The lowest BCUT2D eigenvalue weighted by atomic mass is 10.2. The first-order valence-electron chi connectivity index (χ1n) is 8.52. The summed E-state index contributed by atoms with van der Waals surface area (Å²) in [6.45, 7) is 11.8. The second kappa shape index (κ2) is 20.9. The number of aliphatic imine (C=N–C) groups is 1. The molecular weight excluding hydrogens is 393 g/mol. The van der Waals surface area contributed by atoms with Crippen molar-refractivity contribution in [1.82, 2.24) is 10.6 Å². The Morgan fingerprint density at radius 3 is 2.14 bits per heavy atom. The highest BCUT2D eigenvalue weighted by molar-refractivity contribution is 14.0. The summed E-state index contributed by atoms with van der Waals surface area (Å²) < 4.78 is 11.0. The Bertz CT molecular complexity index is 241. The van der Waals surface area contributed by atoms with Gasteiger partial charge in [0, 0.05) is 26.2 Å². The lowest BCUT2D eigenvalue weighted by molar-refractivity contribution is 0.0487. The average molecular weight is 429 g/mol. The fourth-order valence-corrected chi connectivity index (χ4v) is 1.70. The van der Waals surface area contributed by atoms with E-state index in [1.165, 1.54) is 19.3 Å². The van der Waals surface area contributed by atoms with Gasteiger partial charge in [0.05, 0.1) is 19.8 Å². The zero-order valence-electron chi connectivity index (χ0n) is 14.7. The van der Waals surface area contributed by atoms with Gasteiger partial charge in [0.15, 0.2) is 5.96 Å². The smallest absolute Gasteiger partial charge is 0.191 e. The SMILES string of the molecule is CCCCCN=C(NCC)NCCOCCOCCCC.I. The molecule has 0 bridgehead atoms. The quantitative estimate of drug-likeness (QED) is 0.193. The standard InChI is InChI=1S/C16H35N3O2.HI/c1-4-7-9-10-18-16(17-6-3)19-11-13-21-15-14-20-12-8-5-2;/h4-15H2,1-3H3,(H2,17,18,19);1H. The van der Waals surface area contributed by atoms with Gasteiger partial charge in [0.2, 0.25) is 0 Å². The summed E-state index contributed by atoms with van der Waals surface area (Å²) in [4.78, 5) is 4.53. The second-order valence-electron chi connectivity index (χ2n) is 4.97. The van der Waals surface area contributed by atoms with Crippen molar-refractivity contribution in [2.45, 2.75) is 52.9 Å². The largest absolute Gasteiger partial charge is 0.379 e. The van der Waals surface area contributed by atoms with Crippen LogP contribution < -0.4 is 10.6 Å². The highest BCUT2D eigenvalue weighted by Gasteiger charge is 1.96. The fraction of sp³-hybridized carbons (Fsp3) is 0.938. The molecule has 134 valence electrons. The summed E-state index contributed by atoms with van der Waals surface area (Å²) in [6.07, 6.45) is 5.92. The number of nitrogens with one attached hydrogen (secondary N) is 2. The number of nitrogens with zero attached hydrogens (tertiary/aromatic N) is 1. The third kappa shape index (κ3) is 18.0. The van der Waals surface area contributed by atoms with E-state index in [0.717, 1.165) is 45.0 Å². The number of rotatable bonds is 14. The van der Waals surface area contributed by atoms with Gasteiger partial charge in [-0.3, -0.25) is 4.99 Å². The van der Waals surface area contributed by atoms with E-state index in [0.29, 0.717) is 19.8 Å². The van der Waals surface area contributed by atoms with E-state index in [9.17, 15) is 0 Å². The van der Waals surface area contributed by atoms with Crippen LogP contribution in [0.4, 0.5) is 0 Å². The summed E-state index contributed by atoms with van der Waals surface area (Å²) in [6, 6.07) is 0. The number of ether oxygens (including phenoxy) is 2. The van der Waals surface area contributed by atoms with Crippen molar-refractivity contribution < 1.29 is 9.47 Å². The van der Waals surface area contributed by atoms with Crippen molar-refractivity contribution in [2.75, 3.05) is 46.1 Å². The van der Waals surface area contributed by atoms with Crippen LogP contribution in [0.2, 0.25) is 0 Å². The van der Waals surface area contributed by atoms with Gasteiger partial charge in [-0.25, -0.2) is 0 Å². The van der Waals surface area contributed by atoms with Crippen molar-refractivity contribution in [2.24, 2.45) is 4.99 Å². The second-order valence-corrected chi connectivity index (χ2v) is 4.97. The van der Waals surface area contributed by atoms with Crippen LogP contribution in [0.25, 0.3) is 0 Å². The summed E-state index contributed by atoms with van der Waals surface area (Å²) >= 11 is 0. The minimum absolute atomic E-state index is 0. The van der Waals surface area contributed by atoms with E-state index in [2.05, 4.69) is 36.4 Å². The third-order valence-electron chi connectivity index (χ3n) is 2.93. The van der Waals surface area contributed by atoms with Crippen LogP contribution in [0.1, 0.15) is 52.9 Å². The monoisotopic (exact) mass is 429 g/mol. The maximum Gasteiger partial charge on any atom is 0.191 e. The molecular formula is C16H36IN3O2. The van der Waals surface area contributed by atoms with E-state index in [1.54, 1.807) is 0 Å². The topological polar surface area (TPSA) is 54.9 Å². The van der Waals surface area contributed by atoms with Crippen molar-refractivity contribution in [1.29, 1.82) is 0 Å². The first kappa shape index (κ1) is 24.2. The zero-order chi connectivity index (χ0) is 15.6. The molecule has 2 N–H and O–H groups in total. The first-order valence-corrected chi connectivity index (χ1v) is 8.52. The Hall–Kier alpha value is -0.0800. The minimum atomic E-state index is 0. The van der Waals surface area contributed by atoms with Gasteiger partial charge in [-0.1, -0.05) is 33.1 Å². The van der Waals surface area contributed by atoms with Gasteiger partial charge >= 0.3 is 0 Å². The molecule has 0 atom stereocenters. The summed E-state index contributed by atoms with van der Waals surface area (Å²) in [5.74, 6) is 0.886. The van der Waals surface area contributed by atoms with Gasteiger partial charge < -0.3 is 20.1 Å². The minimum Gasteiger partial charge on any atom is -0.379 e. The maximum absolute atomic E-state index is 5.52. The van der Waals surface area contributed by atoms with E-state index in [1.807, 2.05) is 0 Å². The number of halogens is 1. The normalized spacial score (nSPS) is 11.1. The van der Waals surface area contributed by atoms with Crippen LogP contribution in [0.3, 0.4) is 0 Å². The Kier molecular flexibility index (Phi) is 23.0. The molecule has 22 heavy (non-hydrogen) atoms. The fourth-order valence-electron chi connectivity index (χ4n) is 1.70. The molecule has 0 aliphatic carbocycles. The summed E-state index contributed by atoms with van der Waals surface area (Å²) in [5, 5.41) is 6.53. The van der Waals surface area contributed by atoms with E-state index in [-0.39, 0.29) is 24.0 Å². The molecule has 0 spiro atoms.